The number of benzene rings is 3. The zero-order chi connectivity index (χ0) is 22.9. The number of sulfonamides is 1. The van der Waals surface area contributed by atoms with E-state index in [4.69, 9.17) is 4.74 Å². The van der Waals surface area contributed by atoms with Crippen LogP contribution in [0.5, 0.6) is 11.5 Å². The van der Waals surface area contributed by atoms with Crippen LogP contribution in [0.25, 0.3) is 0 Å². The number of carbonyl (C=O) groups is 2. The fraction of sp³-hybridized carbons (Fsp3) is 0.167. The smallest absolute Gasteiger partial charge is 0.255 e. The number of nitrogens with zero attached hydrogens (tertiary/aromatic N) is 1. The van der Waals surface area contributed by atoms with Gasteiger partial charge in [-0.1, -0.05) is 18.2 Å². The van der Waals surface area contributed by atoms with Crippen LogP contribution in [0, 0.1) is 5.41 Å². The molecule has 3 aromatic rings. The molecular formula is C24H22N2O5S. The van der Waals surface area contributed by atoms with E-state index in [0.717, 1.165) is 4.31 Å². The summed E-state index contributed by atoms with van der Waals surface area (Å²) in [6.45, 7) is 3.20. The Hall–Kier alpha value is -3.65. The monoisotopic (exact) mass is 450 g/mol. The summed E-state index contributed by atoms with van der Waals surface area (Å²) in [4.78, 5) is 25.1. The largest absolute Gasteiger partial charge is 0.457 e. The molecule has 0 aliphatic carbocycles. The fourth-order valence-electron chi connectivity index (χ4n) is 3.44. The Morgan fingerprint density at radius 3 is 2.06 bits per heavy atom. The molecule has 0 bridgehead atoms. The molecule has 164 valence electrons. The van der Waals surface area contributed by atoms with Gasteiger partial charge in [-0.3, -0.25) is 9.59 Å². The van der Waals surface area contributed by atoms with E-state index in [1.54, 1.807) is 38.1 Å². The zero-order valence-electron chi connectivity index (χ0n) is 17.6. The fourth-order valence-corrected chi connectivity index (χ4v) is 5.55. The Kier molecular flexibility index (Phi) is 5.48. The van der Waals surface area contributed by atoms with Crippen molar-refractivity contribution >= 4 is 33.2 Å². The average Bonchev–Trinajstić information content (AvgIpc) is 2.92. The lowest BCUT2D eigenvalue weighted by Gasteiger charge is -2.17. The van der Waals surface area contributed by atoms with Gasteiger partial charge in [-0.05, 0) is 74.5 Å². The number of ether oxygens (including phenoxy) is 1. The van der Waals surface area contributed by atoms with E-state index in [1.807, 2.05) is 30.3 Å². The number of rotatable bonds is 5. The van der Waals surface area contributed by atoms with E-state index >= 15 is 0 Å². The number of para-hydroxylation sites is 1. The molecule has 32 heavy (non-hydrogen) atoms. The van der Waals surface area contributed by atoms with Crippen molar-refractivity contribution in [3.8, 4) is 11.5 Å². The first-order chi connectivity index (χ1) is 15.2. The van der Waals surface area contributed by atoms with Crippen LogP contribution in [-0.4, -0.2) is 26.0 Å². The van der Waals surface area contributed by atoms with Gasteiger partial charge < -0.3 is 10.1 Å². The molecule has 3 aromatic carbocycles. The SMILES string of the molecule is CC1(C)CS(=O)(=O)N(c2ccc(C(=O)Nc3ccc(Oc4ccccc4)cc3)cc2)C1=O. The lowest BCUT2D eigenvalue weighted by atomic mass is 9.95. The van der Waals surface area contributed by atoms with E-state index in [2.05, 4.69) is 5.32 Å². The summed E-state index contributed by atoms with van der Waals surface area (Å²) >= 11 is 0. The van der Waals surface area contributed by atoms with Crippen LogP contribution in [0.15, 0.2) is 78.9 Å². The number of nitrogens with one attached hydrogen (secondary N) is 1. The minimum absolute atomic E-state index is 0.222. The highest BCUT2D eigenvalue weighted by molar-refractivity contribution is 7.94. The van der Waals surface area contributed by atoms with Crippen LogP contribution in [0.3, 0.4) is 0 Å². The first-order valence-electron chi connectivity index (χ1n) is 9.98. The standard InChI is InChI=1S/C24H22N2O5S/c1-24(2)16-32(29,30)26(23(24)28)19-12-8-17(9-13-19)22(27)25-18-10-14-21(15-11-18)31-20-6-4-3-5-7-20/h3-15H,16H2,1-2H3,(H,25,27). The van der Waals surface area contributed by atoms with Crippen LogP contribution in [0.4, 0.5) is 11.4 Å². The first kappa shape index (κ1) is 21.6. The van der Waals surface area contributed by atoms with Crippen molar-refractivity contribution in [2.75, 3.05) is 15.4 Å². The molecule has 1 heterocycles. The first-order valence-corrected chi connectivity index (χ1v) is 11.6. The van der Waals surface area contributed by atoms with Crippen LogP contribution in [0.1, 0.15) is 24.2 Å². The molecule has 8 heteroatoms. The van der Waals surface area contributed by atoms with Crippen molar-refractivity contribution in [1.82, 2.24) is 0 Å². The van der Waals surface area contributed by atoms with Gasteiger partial charge in [0, 0.05) is 11.3 Å². The van der Waals surface area contributed by atoms with Crippen molar-refractivity contribution in [2.45, 2.75) is 13.8 Å². The Morgan fingerprint density at radius 1 is 0.906 bits per heavy atom. The van der Waals surface area contributed by atoms with Gasteiger partial charge in [-0.2, -0.15) is 0 Å². The highest BCUT2D eigenvalue weighted by atomic mass is 32.2. The summed E-state index contributed by atoms with van der Waals surface area (Å²) in [5.41, 5.74) is 0.158. The van der Waals surface area contributed by atoms with Crippen LogP contribution in [0.2, 0.25) is 0 Å². The third-order valence-electron chi connectivity index (χ3n) is 5.04. The summed E-state index contributed by atoms with van der Waals surface area (Å²) in [5, 5.41) is 2.78. The summed E-state index contributed by atoms with van der Waals surface area (Å²) in [5.74, 6) is 0.270. The third kappa shape index (κ3) is 4.36. The Bertz CT molecular complexity index is 1250. The molecule has 0 aromatic heterocycles. The lowest BCUT2D eigenvalue weighted by Crippen LogP contribution is -2.32. The van der Waals surface area contributed by atoms with Gasteiger partial charge in [0.1, 0.15) is 11.5 Å². The Labute approximate surface area is 186 Å². The van der Waals surface area contributed by atoms with E-state index in [1.165, 1.54) is 24.3 Å². The summed E-state index contributed by atoms with van der Waals surface area (Å²) in [6, 6.07) is 22.2. The van der Waals surface area contributed by atoms with Crippen LogP contribution in [-0.2, 0) is 14.8 Å². The molecule has 0 spiro atoms. The molecule has 1 aliphatic rings. The van der Waals surface area contributed by atoms with Crippen molar-refractivity contribution in [3.05, 3.63) is 84.4 Å². The quantitative estimate of drug-likeness (QED) is 0.621. The minimum Gasteiger partial charge on any atom is -0.457 e. The van der Waals surface area contributed by atoms with Crippen molar-refractivity contribution < 1.29 is 22.7 Å². The molecule has 0 unspecified atom stereocenters. The predicted molar refractivity (Wildman–Crippen MR) is 122 cm³/mol. The van der Waals surface area contributed by atoms with Gasteiger partial charge in [-0.15, -0.1) is 0 Å². The number of carbonyl (C=O) groups excluding carboxylic acids is 2. The maximum Gasteiger partial charge on any atom is 0.255 e. The topological polar surface area (TPSA) is 92.8 Å². The predicted octanol–water partition coefficient (Wildman–Crippen LogP) is 4.43. The van der Waals surface area contributed by atoms with Gasteiger partial charge in [0.15, 0.2) is 0 Å². The third-order valence-corrected chi connectivity index (χ3v) is 7.06. The van der Waals surface area contributed by atoms with Crippen molar-refractivity contribution in [3.63, 3.8) is 0 Å². The molecule has 4 rings (SSSR count). The molecule has 0 saturated carbocycles. The second-order valence-electron chi connectivity index (χ2n) is 8.15. The molecular weight excluding hydrogens is 428 g/mol. The van der Waals surface area contributed by atoms with Crippen molar-refractivity contribution in [2.24, 2.45) is 5.41 Å². The second-order valence-corrected chi connectivity index (χ2v) is 9.97. The molecule has 1 fully saturated rings. The molecule has 1 N–H and O–H groups in total. The molecule has 2 amide bonds. The van der Waals surface area contributed by atoms with E-state index in [-0.39, 0.29) is 17.3 Å². The van der Waals surface area contributed by atoms with Gasteiger partial charge >= 0.3 is 0 Å². The van der Waals surface area contributed by atoms with E-state index in [0.29, 0.717) is 22.7 Å². The second kappa shape index (κ2) is 8.12. The number of anilines is 2. The Morgan fingerprint density at radius 2 is 1.50 bits per heavy atom. The molecule has 7 nitrogen and oxygen atoms in total. The normalized spacial score (nSPS) is 16.6. The average molecular weight is 451 g/mol. The highest BCUT2D eigenvalue weighted by Crippen LogP contribution is 2.35. The molecule has 0 radical (unpaired) electrons. The van der Waals surface area contributed by atoms with E-state index < -0.39 is 21.3 Å². The van der Waals surface area contributed by atoms with E-state index in [9.17, 15) is 18.0 Å². The highest BCUT2D eigenvalue weighted by Gasteiger charge is 2.49. The minimum atomic E-state index is -3.73. The van der Waals surface area contributed by atoms with Gasteiger partial charge in [-0.25, -0.2) is 12.7 Å². The summed E-state index contributed by atoms with van der Waals surface area (Å²) in [7, 11) is -3.73. The number of hydrogen-bond donors (Lipinski definition) is 1. The molecule has 0 atom stereocenters. The van der Waals surface area contributed by atoms with Gasteiger partial charge in [0.2, 0.25) is 15.9 Å². The number of hydrogen-bond acceptors (Lipinski definition) is 5. The zero-order valence-corrected chi connectivity index (χ0v) is 18.4. The van der Waals surface area contributed by atoms with Gasteiger partial charge in [0.25, 0.3) is 5.91 Å². The lowest BCUT2D eigenvalue weighted by molar-refractivity contribution is -0.123. The Balaban J connectivity index is 1.44. The number of amides is 2. The molecule has 1 saturated heterocycles. The maximum atomic E-state index is 12.6. The molecule has 1 aliphatic heterocycles. The van der Waals surface area contributed by atoms with Crippen LogP contribution >= 0.6 is 0 Å². The summed E-state index contributed by atoms with van der Waals surface area (Å²) < 4.78 is 31.4. The van der Waals surface area contributed by atoms with Gasteiger partial charge in [0.05, 0.1) is 16.9 Å². The van der Waals surface area contributed by atoms with Crippen molar-refractivity contribution in [1.29, 1.82) is 0 Å². The summed E-state index contributed by atoms with van der Waals surface area (Å²) in [6.07, 6.45) is 0. The maximum absolute atomic E-state index is 12.6. The van der Waals surface area contributed by atoms with Crippen LogP contribution < -0.4 is 14.4 Å².